The summed E-state index contributed by atoms with van der Waals surface area (Å²) in [4.78, 5) is 26.2. The van der Waals surface area contributed by atoms with Gasteiger partial charge in [-0.05, 0) is 13.8 Å². The van der Waals surface area contributed by atoms with Crippen LogP contribution in [0.5, 0.6) is 17.4 Å². The van der Waals surface area contributed by atoms with Crippen molar-refractivity contribution in [3.05, 3.63) is 12.3 Å². The van der Waals surface area contributed by atoms with Gasteiger partial charge in [-0.3, -0.25) is 10.1 Å². The molecule has 1 rings (SSSR count). The van der Waals surface area contributed by atoms with E-state index in [0.717, 1.165) is 0 Å². The number of nitrogens with one attached hydrogen (secondary N) is 1. The molecule has 0 aliphatic rings. The van der Waals surface area contributed by atoms with Crippen molar-refractivity contribution in [3.8, 4) is 17.4 Å². The van der Waals surface area contributed by atoms with E-state index in [1.165, 1.54) is 19.2 Å². The number of carbonyl (C=O) groups excluding carboxylic acids is 2. The van der Waals surface area contributed by atoms with Crippen LogP contribution in [0.2, 0.25) is 0 Å². The lowest BCUT2D eigenvalue weighted by molar-refractivity contribution is -0.121. The highest BCUT2D eigenvalue weighted by atomic mass is 16.6. The average molecular weight is 269 g/mol. The third-order valence-electron chi connectivity index (χ3n) is 1.98. The molecule has 0 aromatic carbocycles. The number of aromatic hydroxyl groups is 1. The van der Waals surface area contributed by atoms with Gasteiger partial charge in [0.15, 0.2) is 5.75 Å². The van der Waals surface area contributed by atoms with Crippen LogP contribution in [-0.4, -0.2) is 34.7 Å². The first kappa shape index (κ1) is 14.7. The summed E-state index contributed by atoms with van der Waals surface area (Å²) < 4.78 is 9.77. The Morgan fingerprint density at radius 2 is 2.26 bits per heavy atom. The maximum absolute atomic E-state index is 11.3. The fourth-order valence-electron chi connectivity index (χ4n) is 1.09. The van der Waals surface area contributed by atoms with E-state index < -0.39 is 23.8 Å². The van der Waals surface area contributed by atoms with Gasteiger partial charge in [-0.15, -0.1) is 0 Å². The van der Waals surface area contributed by atoms with Gasteiger partial charge in [-0.1, -0.05) is 0 Å². The Hall–Kier alpha value is -2.35. The van der Waals surface area contributed by atoms with Gasteiger partial charge >= 0.3 is 6.09 Å². The van der Waals surface area contributed by atoms with Crippen LogP contribution in [0.3, 0.4) is 0 Å². The Morgan fingerprint density at radius 3 is 2.84 bits per heavy atom. The molecule has 0 fully saturated rings. The summed E-state index contributed by atoms with van der Waals surface area (Å²) in [6.45, 7) is 3.47. The van der Waals surface area contributed by atoms with Gasteiger partial charge in [0.2, 0.25) is 11.7 Å². The lowest BCUT2D eigenvalue weighted by Gasteiger charge is -2.10. The van der Waals surface area contributed by atoms with Gasteiger partial charge < -0.3 is 20.3 Å². The number of ether oxygens (including phenoxy) is 2. The predicted octanol–water partition coefficient (Wildman–Crippen LogP) is 0.148. The molecule has 0 aliphatic heterocycles. The molecule has 1 aromatic rings. The van der Waals surface area contributed by atoms with Crippen LogP contribution in [0.25, 0.3) is 0 Å². The van der Waals surface area contributed by atoms with Crippen LogP contribution in [0.4, 0.5) is 4.79 Å². The maximum Gasteiger partial charge on any atom is 0.420 e. The zero-order valence-electron chi connectivity index (χ0n) is 10.5. The molecule has 0 bridgehead atoms. The van der Waals surface area contributed by atoms with E-state index in [1.807, 2.05) is 5.32 Å². The highest BCUT2D eigenvalue weighted by molar-refractivity contribution is 5.95. The second kappa shape index (κ2) is 6.55. The van der Waals surface area contributed by atoms with Crippen molar-refractivity contribution >= 4 is 12.0 Å². The van der Waals surface area contributed by atoms with E-state index >= 15 is 0 Å². The standard InChI is InChI=1S/C11H15N3O5/c1-3-18-7-4-5-13-10(8(7)15)19-11(17)14-9(16)6(2)12/h4-6,15H,3,12H2,1-2H3,(H,14,16,17)/t6-/m0/s1. The van der Waals surface area contributed by atoms with Crippen LogP contribution >= 0.6 is 0 Å². The molecular formula is C11H15N3O5. The van der Waals surface area contributed by atoms with Crippen LogP contribution in [0.1, 0.15) is 13.8 Å². The van der Waals surface area contributed by atoms with E-state index in [-0.39, 0.29) is 11.6 Å². The summed E-state index contributed by atoms with van der Waals surface area (Å²) in [5.41, 5.74) is 5.27. The average Bonchev–Trinajstić information content (AvgIpc) is 2.34. The van der Waals surface area contributed by atoms with Crippen LogP contribution in [-0.2, 0) is 4.79 Å². The molecule has 4 N–H and O–H groups in total. The molecule has 1 atom stereocenters. The van der Waals surface area contributed by atoms with Gasteiger partial charge in [-0.2, -0.15) is 0 Å². The molecule has 0 saturated carbocycles. The van der Waals surface area contributed by atoms with Crippen molar-refractivity contribution in [2.45, 2.75) is 19.9 Å². The molecule has 8 heteroatoms. The van der Waals surface area contributed by atoms with Crippen molar-refractivity contribution in [1.29, 1.82) is 0 Å². The summed E-state index contributed by atoms with van der Waals surface area (Å²) in [7, 11) is 0. The van der Waals surface area contributed by atoms with E-state index in [4.69, 9.17) is 10.5 Å². The smallest absolute Gasteiger partial charge is 0.420 e. The molecule has 1 heterocycles. The van der Waals surface area contributed by atoms with Gasteiger partial charge in [0, 0.05) is 12.3 Å². The van der Waals surface area contributed by atoms with Crippen molar-refractivity contribution in [1.82, 2.24) is 10.3 Å². The lowest BCUT2D eigenvalue weighted by atomic mass is 10.3. The highest BCUT2D eigenvalue weighted by Gasteiger charge is 2.17. The van der Waals surface area contributed by atoms with E-state index in [0.29, 0.717) is 6.61 Å². The zero-order chi connectivity index (χ0) is 14.4. The van der Waals surface area contributed by atoms with Crippen molar-refractivity contribution in [3.63, 3.8) is 0 Å². The largest absolute Gasteiger partial charge is 0.501 e. The van der Waals surface area contributed by atoms with Crippen LogP contribution in [0.15, 0.2) is 12.3 Å². The van der Waals surface area contributed by atoms with Gasteiger partial charge in [0.25, 0.3) is 5.88 Å². The molecule has 0 spiro atoms. The Morgan fingerprint density at radius 1 is 1.58 bits per heavy atom. The fourth-order valence-corrected chi connectivity index (χ4v) is 1.09. The van der Waals surface area contributed by atoms with E-state index in [9.17, 15) is 14.7 Å². The molecular weight excluding hydrogens is 254 g/mol. The molecule has 1 aromatic heterocycles. The molecule has 8 nitrogen and oxygen atoms in total. The first-order chi connectivity index (χ1) is 8.95. The number of nitrogens with two attached hydrogens (primary N) is 1. The molecule has 0 radical (unpaired) electrons. The highest BCUT2D eigenvalue weighted by Crippen LogP contribution is 2.33. The van der Waals surface area contributed by atoms with Crippen molar-refractivity contribution in [2.75, 3.05) is 6.61 Å². The Labute approximate surface area is 109 Å². The lowest BCUT2D eigenvalue weighted by Crippen LogP contribution is -2.42. The molecule has 0 unspecified atom stereocenters. The summed E-state index contributed by atoms with van der Waals surface area (Å²) in [5, 5.41) is 11.6. The first-order valence-electron chi connectivity index (χ1n) is 5.54. The third-order valence-corrected chi connectivity index (χ3v) is 1.98. The summed E-state index contributed by atoms with van der Waals surface area (Å²) >= 11 is 0. The molecule has 0 saturated heterocycles. The van der Waals surface area contributed by atoms with Gasteiger partial charge in [0.1, 0.15) is 0 Å². The van der Waals surface area contributed by atoms with Crippen molar-refractivity contribution < 1.29 is 24.2 Å². The quantitative estimate of drug-likeness (QED) is 0.710. The molecule has 0 aliphatic carbocycles. The second-order valence-corrected chi connectivity index (χ2v) is 3.56. The number of pyridine rings is 1. The monoisotopic (exact) mass is 269 g/mol. The van der Waals surface area contributed by atoms with Gasteiger partial charge in [0.05, 0.1) is 12.6 Å². The minimum absolute atomic E-state index is 0.124. The summed E-state index contributed by atoms with van der Waals surface area (Å²) in [5.74, 6) is -1.36. The SMILES string of the molecule is CCOc1ccnc(OC(=O)NC(=O)[C@H](C)N)c1O. The number of carbonyl (C=O) groups is 2. The molecule has 2 amide bonds. The predicted molar refractivity (Wildman–Crippen MR) is 64.9 cm³/mol. The summed E-state index contributed by atoms with van der Waals surface area (Å²) in [6, 6.07) is 0.556. The molecule has 104 valence electrons. The number of hydrogen-bond donors (Lipinski definition) is 3. The minimum atomic E-state index is -1.08. The number of hydrogen-bond acceptors (Lipinski definition) is 7. The Kier molecular flexibility index (Phi) is 5.07. The Bertz CT molecular complexity index is 475. The zero-order valence-corrected chi connectivity index (χ0v) is 10.5. The van der Waals surface area contributed by atoms with Crippen molar-refractivity contribution in [2.24, 2.45) is 5.73 Å². The van der Waals surface area contributed by atoms with Crippen LogP contribution < -0.4 is 20.5 Å². The number of nitrogens with zero attached hydrogens (tertiary/aromatic N) is 1. The van der Waals surface area contributed by atoms with Gasteiger partial charge in [-0.25, -0.2) is 9.78 Å². The normalized spacial score (nSPS) is 11.5. The number of aromatic nitrogens is 1. The topological polar surface area (TPSA) is 124 Å². The number of imide groups is 1. The van der Waals surface area contributed by atoms with E-state index in [1.54, 1.807) is 6.92 Å². The number of amides is 2. The Balaban J connectivity index is 2.74. The van der Waals surface area contributed by atoms with Crippen LogP contribution in [0, 0.1) is 0 Å². The third kappa shape index (κ3) is 4.11. The van der Waals surface area contributed by atoms with E-state index in [2.05, 4.69) is 9.72 Å². The maximum atomic E-state index is 11.3. The second-order valence-electron chi connectivity index (χ2n) is 3.56. The summed E-state index contributed by atoms with van der Waals surface area (Å²) in [6.07, 6.45) is 0.208. The number of rotatable bonds is 4. The fraction of sp³-hybridized carbons (Fsp3) is 0.364. The minimum Gasteiger partial charge on any atom is -0.501 e. The first-order valence-corrected chi connectivity index (χ1v) is 5.54. The molecule has 19 heavy (non-hydrogen) atoms.